The van der Waals surface area contributed by atoms with Gasteiger partial charge in [-0.3, -0.25) is 0 Å². The predicted octanol–water partition coefficient (Wildman–Crippen LogP) is 3.69. The fourth-order valence-electron chi connectivity index (χ4n) is 3.30. The van der Waals surface area contributed by atoms with E-state index in [9.17, 15) is 13.2 Å². The van der Waals surface area contributed by atoms with Crippen LogP contribution >= 0.6 is 0 Å². The van der Waals surface area contributed by atoms with Gasteiger partial charge in [-0.05, 0) is 49.1 Å². The summed E-state index contributed by atoms with van der Waals surface area (Å²) in [5.74, 6) is -0.873. The van der Waals surface area contributed by atoms with Gasteiger partial charge in [-0.1, -0.05) is 12.1 Å². The molecule has 2 aromatic rings. The Bertz CT molecular complexity index is 825. The summed E-state index contributed by atoms with van der Waals surface area (Å²) >= 11 is 0. The summed E-state index contributed by atoms with van der Waals surface area (Å²) in [5.41, 5.74) is 1.51. The topological polar surface area (TPSA) is 39.7 Å². The van der Waals surface area contributed by atoms with Crippen molar-refractivity contribution in [1.29, 1.82) is 0 Å². The summed E-state index contributed by atoms with van der Waals surface area (Å²) < 4.78 is 39.9. The summed E-state index contributed by atoms with van der Waals surface area (Å²) in [5, 5.41) is 6.51. The van der Waals surface area contributed by atoms with Crippen molar-refractivity contribution < 1.29 is 13.2 Å². The van der Waals surface area contributed by atoms with Crippen LogP contribution in [-0.4, -0.2) is 32.1 Å². The number of guanidine groups is 1. The van der Waals surface area contributed by atoms with E-state index in [4.69, 9.17) is 0 Å². The highest BCUT2D eigenvalue weighted by molar-refractivity contribution is 5.79. The average molecular weight is 390 g/mol. The van der Waals surface area contributed by atoms with Gasteiger partial charge in [-0.2, -0.15) is 0 Å². The van der Waals surface area contributed by atoms with Gasteiger partial charge in [-0.25, -0.2) is 18.2 Å². The molecule has 0 aliphatic carbocycles. The Hall–Kier alpha value is -2.70. The van der Waals surface area contributed by atoms with E-state index in [1.165, 1.54) is 24.3 Å². The van der Waals surface area contributed by atoms with Gasteiger partial charge in [0.1, 0.15) is 5.82 Å². The normalized spacial score (nSPS) is 17.1. The van der Waals surface area contributed by atoms with Crippen LogP contribution in [0.3, 0.4) is 0 Å². The van der Waals surface area contributed by atoms with Crippen molar-refractivity contribution in [2.75, 3.05) is 31.1 Å². The Morgan fingerprint density at radius 3 is 2.71 bits per heavy atom. The molecule has 150 valence electrons. The molecule has 1 heterocycles. The summed E-state index contributed by atoms with van der Waals surface area (Å²) in [4.78, 5) is 6.57. The van der Waals surface area contributed by atoms with Gasteiger partial charge >= 0.3 is 0 Å². The van der Waals surface area contributed by atoms with Crippen molar-refractivity contribution in [2.45, 2.75) is 19.9 Å². The first-order valence-corrected chi connectivity index (χ1v) is 9.51. The van der Waals surface area contributed by atoms with Gasteiger partial charge in [0.15, 0.2) is 17.6 Å². The van der Waals surface area contributed by atoms with E-state index in [2.05, 4.69) is 20.5 Å². The Morgan fingerprint density at radius 2 is 1.96 bits per heavy atom. The molecule has 1 saturated heterocycles. The summed E-state index contributed by atoms with van der Waals surface area (Å²) in [6.07, 6.45) is 0.954. The number of hydrogen-bond acceptors (Lipinski definition) is 2. The van der Waals surface area contributed by atoms with Gasteiger partial charge in [0.2, 0.25) is 0 Å². The zero-order valence-electron chi connectivity index (χ0n) is 15.9. The van der Waals surface area contributed by atoms with Crippen LogP contribution in [0.15, 0.2) is 47.5 Å². The predicted molar refractivity (Wildman–Crippen MR) is 106 cm³/mol. The average Bonchev–Trinajstić information content (AvgIpc) is 3.15. The fourth-order valence-corrected chi connectivity index (χ4v) is 3.30. The third-order valence-electron chi connectivity index (χ3n) is 4.77. The third-order valence-corrected chi connectivity index (χ3v) is 4.77. The molecule has 1 aliphatic heterocycles. The van der Waals surface area contributed by atoms with Crippen LogP contribution in [0, 0.1) is 23.4 Å². The lowest BCUT2D eigenvalue weighted by molar-refractivity contribution is 0.508. The van der Waals surface area contributed by atoms with E-state index >= 15 is 0 Å². The van der Waals surface area contributed by atoms with Gasteiger partial charge in [0.05, 0.1) is 6.54 Å². The number of halogens is 3. The van der Waals surface area contributed by atoms with Crippen LogP contribution < -0.4 is 15.5 Å². The molecular weight excluding hydrogens is 365 g/mol. The van der Waals surface area contributed by atoms with Crippen molar-refractivity contribution in [2.24, 2.45) is 10.9 Å². The lowest BCUT2D eigenvalue weighted by Crippen LogP contribution is -2.40. The molecule has 0 saturated carbocycles. The van der Waals surface area contributed by atoms with E-state index in [1.807, 2.05) is 13.0 Å². The highest BCUT2D eigenvalue weighted by Gasteiger charge is 2.23. The maximum atomic E-state index is 13.5. The zero-order valence-corrected chi connectivity index (χ0v) is 15.9. The molecule has 1 aliphatic rings. The first-order valence-electron chi connectivity index (χ1n) is 9.51. The molecule has 0 bridgehead atoms. The molecule has 28 heavy (non-hydrogen) atoms. The molecule has 0 spiro atoms. The highest BCUT2D eigenvalue weighted by Crippen LogP contribution is 2.25. The minimum Gasteiger partial charge on any atom is -0.371 e. The zero-order chi connectivity index (χ0) is 19.9. The maximum absolute atomic E-state index is 13.5. The highest BCUT2D eigenvalue weighted by atomic mass is 19.2. The smallest absolute Gasteiger partial charge is 0.191 e. The second-order valence-electron chi connectivity index (χ2n) is 6.91. The number of hydrogen-bond donors (Lipinski definition) is 2. The number of rotatable bonds is 6. The first kappa shape index (κ1) is 20.0. The molecule has 4 nitrogen and oxygen atoms in total. The fraction of sp³-hybridized carbons (Fsp3) is 0.381. The lowest BCUT2D eigenvalue weighted by atomic mass is 10.1. The third kappa shape index (κ3) is 5.41. The largest absolute Gasteiger partial charge is 0.371 e. The molecule has 3 rings (SSSR count). The number of nitrogens with one attached hydrogen (secondary N) is 2. The van der Waals surface area contributed by atoms with Gasteiger partial charge in [-0.15, -0.1) is 0 Å². The maximum Gasteiger partial charge on any atom is 0.191 e. The number of benzene rings is 2. The van der Waals surface area contributed by atoms with E-state index in [0.29, 0.717) is 24.1 Å². The van der Waals surface area contributed by atoms with Crippen LogP contribution in [0.2, 0.25) is 0 Å². The molecule has 2 N–H and O–H groups in total. The van der Waals surface area contributed by atoms with E-state index in [1.54, 1.807) is 12.1 Å². The van der Waals surface area contributed by atoms with Gasteiger partial charge < -0.3 is 15.5 Å². The van der Waals surface area contributed by atoms with Crippen LogP contribution in [0.1, 0.15) is 18.9 Å². The Balaban J connectivity index is 1.53. The van der Waals surface area contributed by atoms with Crippen LogP contribution in [-0.2, 0) is 6.54 Å². The van der Waals surface area contributed by atoms with Crippen molar-refractivity contribution in [3.05, 3.63) is 65.5 Å². The Labute approximate surface area is 163 Å². The van der Waals surface area contributed by atoms with Crippen LogP contribution in [0.5, 0.6) is 0 Å². The minimum absolute atomic E-state index is 0.270. The van der Waals surface area contributed by atoms with Crippen molar-refractivity contribution in [1.82, 2.24) is 10.6 Å². The Morgan fingerprint density at radius 1 is 1.11 bits per heavy atom. The Kier molecular flexibility index (Phi) is 6.79. The van der Waals surface area contributed by atoms with Gasteiger partial charge in [0.25, 0.3) is 0 Å². The molecule has 7 heteroatoms. The summed E-state index contributed by atoms with van der Waals surface area (Å²) in [6.45, 7) is 5.38. The molecule has 1 fully saturated rings. The SMILES string of the molecule is CCNC(=NCc1cccc(F)c1)NCC1CCN(c2ccc(F)c(F)c2)C1. The van der Waals surface area contributed by atoms with Crippen molar-refractivity contribution >= 4 is 11.6 Å². The van der Waals surface area contributed by atoms with E-state index < -0.39 is 11.6 Å². The molecule has 0 aromatic heterocycles. The van der Waals surface area contributed by atoms with Gasteiger partial charge in [0, 0.05) is 37.9 Å². The quantitative estimate of drug-likeness (QED) is 0.584. The molecule has 0 amide bonds. The molecular formula is C21H25F3N4. The summed E-state index contributed by atoms with van der Waals surface area (Å²) in [7, 11) is 0. The number of aliphatic imine (C=N–C) groups is 1. The standard InChI is InChI=1S/C21H25F3N4/c1-2-25-21(26-12-15-4-3-5-17(22)10-15)27-13-16-8-9-28(14-16)18-6-7-19(23)20(24)11-18/h3-7,10-11,16H,2,8-9,12-14H2,1H3,(H2,25,26,27). The monoisotopic (exact) mass is 390 g/mol. The van der Waals surface area contributed by atoms with Crippen LogP contribution in [0.25, 0.3) is 0 Å². The molecule has 0 radical (unpaired) electrons. The van der Waals surface area contributed by atoms with Crippen molar-refractivity contribution in [3.8, 4) is 0 Å². The van der Waals surface area contributed by atoms with E-state index in [-0.39, 0.29) is 5.82 Å². The summed E-state index contributed by atoms with van der Waals surface area (Å²) in [6, 6.07) is 10.4. The van der Waals surface area contributed by atoms with Crippen molar-refractivity contribution in [3.63, 3.8) is 0 Å². The second-order valence-corrected chi connectivity index (χ2v) is 6.91. The van der Waals surface area contributed by atoms with Crippen LogP contribution in [0.4, 0.5) is 18.9 Å². The second kappa shape index (κ2) is 9.48. The molecule has 1 atom stereocenters. The molecule has 2 aromatic carbocycles. The first-order chi connectivity index (χ1) is 13.5. The number of anilines is 1. The van der Waals surface area contributed by atoms with E-state index in [0.717, 1.165) is 38.2 Å². The number of nitrogens with zero attached hydrogens (tertiary/aromatic N) is 2. The molecule has 1 unspecified atom stereocenters. The minimum atomic E-state index is -0.828. The lowest BCUT2D eigenvalue weighted by Gasteiger charge is -2.19.